The Labute approximate surface area is 170 Å². The van der Waals surface area contributed by atoms with Crippen LogP contribution in [0.2, 0.25) is 0 Å². The molecule has 27 heavy (non-hydrogen) atoms. The number of hydrogen-bond acceptors (Lipinski definition) is 5. The first-order valence-electron chi connectivity index (χ1n) is 8.34. The molecule has 0 aliphatic carbocycles. The summed E-state index contributed by atoms with van der Waals surface area (Å²) < 4.78 is 2.09. The summed E-state index contributed by atoms with van der Waals surface area (Å²) in [5.74, 6) is -0.392. The number of halogens is 1. The van der Waals surface area contributed by atoms with Crippen molar-refractivity contribution in [3.05, 3.63) is 62.0 Å². The van der Waals surface area contributed by atoms with E-state index in [9.17, 15) is 9.59 Å². The van der Waals surface area contributed by atoms with Gasteiger partial charge in [-0.25, -0.2) is 10.4 Å². The van der Waals surface area contributed by atoms with Crippen LogP contribution < -0.4 is 11.0 Å². The smallest absolute Gasteiger partial charge is 0.260 e. The summed E-state index contributed by atoms with van der Waals surface area (Å²) in [6.07, 6.45) is 5.77. The number of thioether (sulfide) groups is 1. The molecule has 2 aromatic rings. The lowest BCUT2D eigenvalue weighted by molar-refractivity contribution is -0.121. The Bertz CT molecular complexity index is 923. The van der Waals surface area contributed by atoms with Crippen LogP contribution in [0.4, 0.5) is 0 Å². The fourth-order valence-corrected chi connectivity index (χ4v) is 3.43. The molecule has 2 rings (SSSR count). The van der Waals surface area contributed by atoms with Crippen LogP contribution in [-0.2, 0) is 17.8 Å². The second kappa shape index (κ2) is 10.2. The number of nitrogens with one attached hydrogen (secondary N) is 1. The monoisotopic (exact) mass is 448 g/mol. The molecule has 0 unspecified atom stereocenters. The van der Waals surface area contributed by atoms with Crippen LogP contribution in [0.15, 0.2) is 49.9 Å². The van der Waals surface area contributed by atoms with Crippen LogP contribution in [0.5, 0.6) is 0 Å². The Morgan fingerprint density at radius 3 is 2.70 bits per heavy atom. The van der Waals surface area contributed by atoms with Crippen molar-refractivity contribution >= 4 is 45.9 Å². The van der Waals surface area contributed by atoms with Crippen LogP contribution in [0.1, 0.15) is 23.7 Å². The van der Waals surface area contributed by atoms with Gasteiger partial charge in [-0.15, -0.1) is 0 Å². The molecule has 0 aliphatic rings. The van der Waals surface area contributed by atoms with Gasteiger partial charge in [-0.1, -0.05) is 49.0 Å². The van der Waals surface area contributed by atoms with E-state index in [0.29, 0.717) is 27.3 Å². The lowest BCUT2D eigenvalue weighted by Crippen LogP contribution is -2.33. The summed E-state index contributed by atoms with van der Waals surface area (Å²) >= 11 is 4.72. The van der Waals surface area contributed by atoms with Crippen molar-refractivity contribution in [1.82, 2.24) is 15.0 Å². The van der Waals surface area contributed by atoms with Gasteiger partial charge in [0.05, 0.1) is 6.21 Å². The van der Waals surface area contributed by atoms with Gasteiger partial charge in [0.15, 0.2) is 5.16 Å². The molecule has 0 radical (unpaired) electrons. The standard InChI is InChI=1S/C19H21BrN4O2S/c1-4-16-13(2)22-19(27-3)24(18(16)26)12-17(25)23-21-11-15(20)10-14-8-6-5-7-9-14/h5-11H,4,12H2,1-3H3,(H,23,25)/b15-10-,21-11-. The zero-order valence-electron chi connectivity index (χ0n) is 15.4. The fourth-order valence-electron chi connectivity index (χ4n) is 2.47. The molecule has 1 amide bonds. The Hall–Kier alpha value is -2.19. The Balaban J connectivity index is 2.08. The number of allylic oxidation sites excluding steroid dienone is 1. The van der Waals surface area contributed by atoms with E-state index in [-0.39, 0.29) is 12.1 Å². The maximum Gasteiger partial charge on any atom is 0.260 e. The molecule has 0 aliphatic heterocycles. The van der Waals surface area contributed by atoms with Crippen molar-refractivity contribution in [2.24, 2.45) is 5.10 Å². The van der Waals surface area contributed by atoms with E-state index in [1.807, 2.05) is 56.5 Å². The normalized spacial score (nSPS) is 11.8. The van der Waals surface area contributed by atoms with E-state index >= 15 is 0 Å². The zero-order valence-corrected chi connectivity index (χ0v) is 17.8. The molecule has 1 aromatic heterocycles. The lowest BCUT2D eigenvalue weighted by Gasteiger charge is -2.12. The van der Waals surface area contributed by atoms with Crippen molar-refractivity contribution < 1.29 is 4.79 Å². The molecule has 1 N–H and O–H groups in total. The van der Waals surface area contributed by atoms with Gasteiger partial charge in [0.2, 0.25) is 0 Å². The molecule has 0 atom stereocenters. The van der Waals surface area contributed by atoms with E-state index in [1.165, 1.54) is 22.5 Å². The predicted molar refractivity (Wildman–Crippen MR) is 114 cm³/mol. The molecule has 142 valence electrons. The zero-order chi connectivity index (χ0) is 19.8. The van der Waals surface area contributed by atoms with Crippen molar-refractivity contribution in [3.63, 3.8) is 0 Å². The van der Waals surface area contributed by atoms with Crippen LogP contribution in [-0.4, -0.2) is 27.9 Å². The maximum atomic E-state index is 12.6. The molecule has 0 saturated carbocycles. The van der Waals surface area contributed by atoms with Crippen molar-refractivity contribution in [3.8, 4) is 0 Å². The van der Waals surface area contributed by atoms with Crippen molar-refractivity contribution in [2.45, 2.75) is 32.0 Å². The molecule has 1 aromatic carbocycles. The molecule has 0 bridgehead atoms. The van der Waals surface area contributed by atoms with Crippen molar-refractivity contribution in [1.29, 1.82) is 0 Å². The highest BCUT2D eigenvalue weighted by atomic mass is 79.9. The molecule has 0 saturated heterocycles. The van der Waals surface area contributed by atoms with E-state index in [4.69, 9.17) is 0 Å². The Morgan fingerprint density at radius 1 is 1.37 bits per heavy atom. The van der Waals surface area contributed by atoms with Gasteiger partial charge in [-0.3, -0.25) is 14.2 Å². The third-order valence-corrected chi connectivity index (χ3v) is 4.86. The van der Waals surface area contributed by atoms with Gasteiger partial charge in [-0.2, -0.15) is 5.10 Å². The number of carbonyl (C=O) groups excluding carboxylic acids is 1. The van der Waals surface area contributed by atoms with E-state index in [2.05, 4.69) is 31.4 Å². The van der Waals surface area contributed by atoms with Crippen LogP contribution in [0, 0.1) is 6.92 Å². The first kappa shape index (κ1) is 21.1. The summed E-state index contributed by atoms with van der Waals surface area (Å²) in [6, 6.07) is 9.73. The van der Waals surface area contributed by atoms with Gasteiger partial charge < -0.3 is 0 Å². The average molecular weight is 449 g/mol. The first-order valence-corrected chi connectivity index (χ1v) is 10.4. The highest BCUT2D eigenvalue weighted by Crippen LogP contribution is 2.13. The summed E-state index contributed by atoms with van der Waals surface area (Å²) in [7, 11) is 0. The quantitative estimate of drug-likeness (QED) is 0.304. The lowest BCUT2D eigenvalue weighted by atomic mass is 10.2. The fraction of sp³-hybridized carbons (Fsp3) is 0.263. The highest BCUT2D eigenvalue weighted by Gasteiger charge is 2.14. The minimum absolute atomic E-state index is 0.132. The van der Waals surface area contributed by atoms with Gasteiger partial charge in [0.1, 0.15) is 6.54 Å². The van der Waals surface area contributed by atoms with Crippen LogP contribution in [0.3, 0.4) is 0 Å². The average Bonchev–Trinajstić information content (AvgIpc) is 2.65. The number of amides is 1. The summed E-state index contributed by atoms with van der Waals surface area (Å²) in [5, 5.41) is 4.44. The van der Waals surface area contributed by atoms with Crippen LogP contribution in [0.25, 0.3) is 6.08 Å². The SMILES string of the molecule is CCc1c(C)nc(SC)n(CC(=O)N/N=C\C(Br)=C\c2ccccc2)c1=O. The molecule has 8 heteroatoms. The van der Waals surface area contributed by atoms with E-state index in [0.717, 1.165) is 5.56 Å². The molecule has 1 heterocycles. The minimum Gasteiger partial charge on any atom is -0.278 e. The third kappa shape index (κ3) is 5.90. The Kier molecular flexibility index (Phi) is 7.99. The first-order chi connectivity index (χ1) is 13.0. The number of rotatable bonds is 7. The Morgan fingerprint density at radius 2 is 2.07 bits per heavy atom. The van der Waals surface area contributed by atoms with E-state index in [1.54, 1.807) is 0 Å². The van der Waals surface area contributed by atoms with Crippen LogP contribution >= 0.6 is 27.7 Å². The van der Waals surface area contributed by atoms with Crippen molar-refractivity contribution in [2.75, 3.05) is 6.26 Å². The number of aryl methyl sites for hydroxylation is 1. The summed E-state index contributed by atoms with van der Waals surface area (Å²) in [6.45, 7) is 3.58. The largest absolute Gasteiger partial charge is 0.278 e. The molecular formula is C19H21BrN4O2S. The topological polar surface area (TPSA) is 76.3 Å². The van der Waals surface area contributed by atoms with Gasteiger partial charge >= 0.3 is 0 Å². The van der Waals surface area contributed by atoms with Gasteiger partial charge in [-0.05, 0) is 47.2 Å². The number of carbonyl (C=O) groups is 1. The van der Waals surface area contributed by atoms with E-state index < -0.39 is 5.91 Å². The third-order valence-electron chi connectivity index (χ3n) is 3.75. The number of hydrogen-bond donors (Lipinski definition) is 1. The number of nitrogens with zero attached hydrogens (tertiary/aromatic N) is 3. The molecule has 0 fully saturated rings. The number of aromatic nitrogens is 2. The molecule has 6 nitrogen and oxygen atoms in total. The maximum absolute atomic E-state index is 12.6. The predicted octanol–water partition coefficient (Wildman–Crippen LogP) is 3.37. The number of benzene rings is 1. The van der Waals surface area contributed by atoms with Gasteiger partial charge in [0.25, 0.3) is 11.5 Å². The van der Waals surface area contributed by atoms with Gasteiger partial charge in [0, 0.05) is 15.7 Å². The second-order valence-electron chi connectivity index (χ2n) is 5.64. The molecular weight excluding hydrogens is 428 g/mol. The molecule has 0 spiro atoms. The minimum atomic E-state index is -0.392. The summed E-state index contributed by atoms with van der Waals surface area (Å²) in [5.41, 5.74) is 4.60. The second-order valence-corrected chi connectivity index (χ2v) is 7.33. The number of hydrazone groups is 1. The highest BCUT2D eigenvalue weighted by molar-refractivity contribution is 9.12. The summed E-state index contributed by atoms with van der Waals surface area (Å²) in [4.78, 5) is 29.2.